The minimum absolute atomic E-state index is 0.0630. The van der Waals surface area contributed by atoms with Crippen molar-refractivity contribution < 1.29 is 22.3 Å². The number of rotatable bonds is 7. The number of halogens is 3. The van der Waals surface area contributed by atoms with Crippen molar-refractivity contribution >= 4 is 25.6 Å². The molecule has 0 saturated carbocycles. The normalized spacial score (nSPS) is 17.1. The van der Waals surface area contributed by atoms with Crippen LogP contribution in [-0.2, 0) is 16.0 Å². The molecule has 0 radical (unpaired) electrons. The lowest BCUT2D eigenvalue weighted by molar-refractivity contribution is -0.141. The molecule has 0 unspecified atom stereocenters. The fourth-order valence-corrected chi connectivity index (χ4v) is 5.27. The molecule has 2 aromatic heterocycles. The Balaban J connectivity index is 1.67. The lowest BCUT2D eigenvalue weighted by atomic mass is 9.83. The van der Waals surface area contributed by atoms with Gasteiger partial charge in [-0.15, -0.1) is 0 Å². The van der Waals surface area contributed by atoms with Gasteiger partial charge < -0.3 is 19.8 Å². The van der Waals surface area contributed by atoms with Gasteiger partial charge in [-0.25, -0.2) is 15.0 Å². The number of nitrogens with zero attached hydrogens (tertiary/aromatic N) is 4. The highest BCUT2D eigenvalue weighted by Gasteiger charge is 2.42. The van der Waals surface area contributed by atoms with E-state index in [9.17, 15) is 18.4 Å². The van der Waals surface area contributed by atoms with Crippen LogP contribution in [0.1, 0.15) is 44.5 Å². The second-order valence-electron chi connectivity index (χ2n) is 11.7. The Labute approximate surface area is 233 Å². The molecule has 12 heteroatoms. The second-order valence-corrected chi connectivity index (χ2v) is 16.5. The summed E-state index contributed by atoms with van der Waals surface area (Å²) in [5.74, 6) is -0.102. The molecule has 4 rings (SSSR count). The molecule has 0 aliphatic carbocycles. The van der Waals surface area contributed by atoms with Crippen LogP contribution in [0.2, 0.25) is 18.1 Å². The van der Waals surface area contributed by atoms with Crippen LogP contribution in [0.15, 0.2) is 36.5 Å². The first-order valence-electron chi connectivity index (χ1n) is 12.8. The van der Waals surface area contributed by atoms with E-state index in [-0.39, 0.29) is 28.0 Å². The van der Waals surface area contributed by atoms with Crippen LogP contribution in [0.5, 0.6) is 5.88 Å². The number of nitrogens with one attached hydrogen (secondary N) is 2. The number of methoxy groups -OCH3 is 1. The molecule has 1 atom stereocenters. The maximum absolute atomic E-state index is 13.1. The summed E-state index contributed by atoms with van der Waals surface area (Å²) in [5, 5.41) is 16.3. The van der Waals surface area contributed by atoms with Crippen LogP contribution in [0.4, 0.5) is 30.5 Å². The average Bonchev–Trinajstić information content (AvgIpc) is 3.23. The van der Waals surface area contributed by atoms with Crippen molar-refractivity contribution in [3.63, 3.8) is 0 Å². The van der Waals surface area contributed by atoms with Gasteiger partial charge in [0, 0.05) is 30.3 Å². The Morgan fingerprint density at radius 3 is 2.50 bits per heavy atom. The molecule has 0 saturated heterocycles. The first kappa shape index (κ1) is 29.3. The van der Waals surface area contributed by atoms with E-state index in [2.05, 4.69) is 72.4 Å². The third kappa shape index (κ3) is 5.76. The standard InChI is InChI=1S/C28H33F3N6O2Si/c1-26(2,3)40(6,7)39-16-27(4)15-34-23-18(14-32)12-17(13-19(23)27)20-10-11-33-25(35-20)36-21-8-9-22(28(29,30)31)37-24(21)38-5/h8-13,34H,15-16H2,1-7H3,(H,33,35,36)/t27-/m1/s1. The molecule has 0 amide bonds. The smallest absolute Gasteiger partial charge is 0.433 e. The molecule has 40 heavy (non-hydrogen) atoms. The van der Waals surface area contributed by atoms with Crippen LogP contribution >= 0.6 is 0 Å². The lowest BCUT2D eigenvalue weighted by Crippen LogP contribution is -2.45. The maximum atomic E-state index is 13.1. The zero-order chi connectivity index (χ0) is 29.5. The molecule has 0 bridgehead atoms. The van der Waals surface area contributed by atoms with Gasteiger partial charge in [0.15, 0.2) is 8.32 Å². The molecular formula is C28H33F3N6O2Si. The van der Waals surface area contributed by atoms with E-state index in [1.54, 1.807) is 12.1 Å². The molecule has 3 heterocycles. The molecule has 2 N–H and O–H groups in total. The minimum Gasteiger partial charge on any atom is -0.480 e. The van der Waals surface area contributed by atoms with Gasteiger partial charge in [0.1, 0.15) is 17.5 Å². The Hall–Kier alpha value is -3.69. The number of fused-ring (bicyclic) bond motifs is 1. The number of ether oxygens (including phenoxy) is 1. The topological polar surface area (TPSA) is 105 Å². The van der Waals surface area contributed by atoms with E-state index in [0.29, 0.717) is 30.0 Å². The quantitative estimate of drug-likeness (QED) is 0.296. The first-order chi connectivity index (χ1) is 18.6. The highest BCUT2D eigenvalue weighted by atomic mass is 28.4. The zero-order valence-corrected chi connectivity index (χ0v) is 24.6. The highest BCUT2D eigenvalue weighted by Crippen LogP contribution is 2.44. The molecule has 212 valence electrons. The van der Waals surface area contributed by atoms with Crippen molar-refractivity contribution in [3.8, 4) is 23.2 Å². The van der Waals surface area contributed by atoms with Crippen molar-refractivity contribution in [2.24, 2.45) is 0 Å². The predicted octanol–water partition coefficient (Wildman–Crippen LogP) is 6.89. The lowest BCUT2D eigenvalue weighted by Gasteiger charge is -2.39. The maximum Gasteiger partial charge on any atom is 0.433 e. The Morgan fingerprint density at radius 1 is 1.15 bits per heavy atom. The first-order valence-corrected chi connectivity index (χ1v) is 15.7. The minimum atomic E-state index is -4.60. The zero-order valence-electron chi connectivity index (χ0n) is 23.6. The highest BCUT2D eigenvalue weighted by molar-refractivity contribution is 6.74. The average molecular weight is 571 g/mol. The van der Waals surface area contributed by atoms with E-state index >= 15 is 0 Å². The van der Waals surface area contributed by atoms with E-state index in [0.717, 1.165) is 17.3 Å². The van der Waals surface area contributed by atoms with E-state index in [1.807, 2.05) is 6.07 Å². The number of hydrogen-bond donors (Lipinski definition) is 2. The summed E-state index contributed by atoms with van der Waals surface area (Å²) < 4.78 is 50.9. The monoisotopic (exact) mass is 570 g/mol. The van der Waals surface area contributed by atoms with Crippen LogP contribution in [0.3, 0.4) is 0 Å². The van der Waals surface area contributed by atoms with Gasteiger partial charge in [-0.05, 0) is 54.0 Å². The SMILES string of the molecule is COc1nc(C(F)(F)F)ccc1Nc1nccc(-c2cc(C#N)c3c(c2)[C@@](C)(CO[Si](C)(C)C(C)(C)C)CN3)n1. The summed E-state index contributed by atoms with van der Waals surface area (Å²) in [6.45, 7) is 14.3. The number of hydrogen-bond acceptors (Lipinski definition) is 8. The van der Waals surface area contributed by atoms with Crippen LogP contribution in [0.25, 0.3) is 11.3 Å². The van der Waals surface area contributed by atoms with Crippen molar-refractivity contribution in [1.82, 2.24) is 15.0 Å². The fourth-order valence-electron chi connectivity index (χ4n) is 4.16. The van der Waals surface area contributed by atoms with Gasteiger partial charge in [-0.1, -0.05) is 27.7 Å². The molecule has 0 fully saturated rings. The predicted molar refractivity (Wildman–Crippen MR) is 150 cm³/mol. The van der Waals surface area contributed by atoms with E-state index in [4.69, 9.17) is 9.16 Å². The molecule has 1 aliphatic heterocycles. The van der Waals surface area contributed by atoms with Gasteiger partial charge in [-0.2, -0.15) is 18.4 Å². The molecule has 3 aromatic rings. The van der Waals surface area contributed by atoms with Crippen LogP contribution in [-0.4, -0.2) is 43.5 Å². The molecular weight excluding hydrogens is 537 g/mol. The number of alkyl halides is 3. The molecule has 1 aromatic carbocycles. The van der Waals surface area contributed by atoms with Gasteiger partial charge in [0.2, 0.25) is 11.8 Å². The number of nitriles is 1. The Bertz CT molecular complexity index is 1470. The van der Waals surface area contributed by atoms with Gasteiger partial charge >= 0.3 is 6.18 Å². The third-order valence-electron chi connectivity index (χ3n) is 7.66. The summed E-state index contributed by atoms with van der Waals surface area (Å²) >= 11 is 0. The molecule has 1 aliphatic rings. The Morgan fingerprint density at radius 2 is 1.88 bits per heavy atom. The van der Waals surface area contributed by atoms with E-state index < -0.39 is 20.2 Å². The van der Waals surface area contributed by atoms with Crippen LogP contribution in [0, 0.1) is 11.3 Å². The number of anilines is 3. The fraction of sp³-hybridized carbons (Fsp3) is 0.429. The molecule has 8 nitrogen and oxygen atoms in total. The van der Waals surface area contributed by atoms with Crippen LogP contribution < -0.4 is 15.4 Å². The number of pyridine rings is 1. The summed E-state index contributed by atoms with van der Waals surface area (Å²) in [7, 11) is -0.771. The van der Waals surface area contributed by atoms with Crippen molar-refractivity contribution in [1.29, 1.82) is 5.26 Å². The summed E-state index contributed by atoms with van der Waals surface area (Å²) in [6.07, 6.45) is -3.07. The van der Waals surface area contributed by atoms with Gasteiger partial charge in [-0.3, -0.25) is 0 Å². The van der Waals surface area contributed by atoms with Crippen molar-refractivity contribution in [3.05, 3.63) is 53.3 Å². The Kier molecular flexibility index (Phi) is 7.59. The van der Waals surface area contributed by atoms with Gasteiger partial charge in [0.05, 0.1) is 24.1 Å². The second kappa shape index (κ2) is 10.4. The third-order valence-corrected chi connectivity index (χ3v) is 12.1. The molecule has 0 spiro atoms. The van der Waals surface area contributed by atoms with Crippen molar-refractivity contribution in [2.45, 2.75) is 57.4 Å². The number of aromatic nitrogens is 3. The summed E-state index contributed by atoms with van der Waals surface area (Å²) in [4.78, 5) is 12.3. The summed E-state index contributed by atoms with van der Waals surface area (Å²) in [6, 6.07) is 9.84. The van der Waals surface area contributed by atoms with Crippen molar-refractivity contribution in [2.75, 3.05) is 30.9 Å². The van der Waals surface area contributed by atoms with Gasteiger partial charge in [0.25, 0.3) is 0 Å². The summed E-state index contributed by atoms with van der Waals surface area (Å²) in [5.41, 5.74) is 2.25. The largest absolute Gasteiger partial charge is 0.480 e. The number of benzene rings is 1. The van der Waals surface area contributed by atoms with E-state index in [1.165, 1.54) is 19.4 Å².